The van der Waals surface area contributed by atoms with Crippen LogP contribution in [-0.4, -0.2) is 28.8 Å². The molecule has 3 N–H and O–H groups in total. The number of anilines is 1. The van der Waals surface area contributed by atoms with Gasteiger partial charge in [-0.1, -0.05) is 24.3 Å². The van der Waals surface area contributed by atoms with Gasteiger partial charge in [0, 0.05) is 17.6 Å². The lowest BCUT2D eigenvalue weighted by Gasteiger charge is -2.12. The zero-order chi connectivity index (χ0) is 14.5. The first-order valence-electron chi connectivity index (χ1n) is 6.76. The van der Waals surface area contributed by atoms with Gasteiger partial charge in [0.15, 0.2) is 0 Å². The van der Waals surface area contributed by atoms with Crippen LogP contribution < -0.4 is 5.32 Å². The van der Waals surface area contributed by atoms with Gasteiger partial charge in [-0.25, -0.2) is 4.79 Å². The van der Waals surface area contributed by atoms with Crippen LogP contribution in [0.4, 0.5) is 5.69 Å². The summed E-state index contributed by atoms with van der Waals surface area (Å²) in [7, 11) is 0. The SMILES string of the molecule is CC(O)CCCNc1ccc(C(=O)O)c2ccccc12. The molecule has 20 heavy (non-hydrogen) atoms. The number of carboxylic acids is 1. The Morgan fingerprint density at radius 3 is 2.55 bits per heavy atom. The largest absolute Gasteiger partial charge is 0.478 e. The van der Waals surface area contributed by atoms with Gasteiger partial charge >= 0.3 is 5.97 Å². The molecule has 0 amide bonds. The van der Waals surface area contributed by atoms with Gasteiger partial charge < -0.3 is 15.5 Å². The molecule has 4 nitrogen and oxygen atoms in total. The Morgan fingerprint density at radius 2 is 1.90 bits per heavy atom. The Bertz CT molecular complexity index is 608. The summed E-state index contributed by atoms with van der Waals surface area (Å²) >= 11 is 0. The third-order valence-electron chi connectivity index (χ3n) is 3.27. The number of hydrogen-bond acceptors (Lipinski definition) is 3. The van der Waals surface area contributed by atoms with Crippen molar-refractivity contribution in [2.45, 2.75) is 25.9 Å². The number of fused-ring (bicyclic) bond motifs is 1. The molecule has 4 heteroatoms. The van der Waals surface area contributed by atoms with Crippen molar-refractivity contribution in [1.82, 2.24) is 0 Å². The summed E-state index contributed by atoms with van der Waals surface area (Å²) in [5.41, 5.74) is 1.24. The zero-order valence-corrected chi connectivity index (χ0v) is 11.5. The van der Waals surface area contributed by atoms with Gasteiger partial charge in [-0.2, -0.15) is 0 Å². The van der Waals surface area contributed by atoms with Crippen molar-refractivity contribution in [3.05, 3.63) is 42.0 Å². The molecule has 0 aliphatic rings. The van der Waals surface area contributed by atoms with Gasteiger partial charge in [0.1, 0.15) is 0 Å². The normalized spacial score (nSPS) is 12.3. The average molecular weight is 273 g/mol. The summed E-state index contributed by atoms with van der Waals surface area (Å²) in [4.78, 5) is 11.2. The minimum atomic E-state index is -0.915. The van der Waals surface area contributed by atoms with Crippen molar-refractivity contribution in [2.75, 3.05) is 11.9 Å². The molecule has 0 heterocycles. The Kier molecular flexibility index (Phi) is 4.58. The predicted molar refractivity (Wildman–Crippen MR) is 80.3 cm³/mol. The first kappa shape index (κ1) is 14.3. The predicted octanol–water partition coefficient (Wildman–Crippen LogP) is 3.11. The standard InChI is InChI=1S/C16H19NO3/c1-11(18)5-4-10-17-15-9-8-14(16(19)20)12-6-2-3-7-13(12)15/h2-3,6-9,11,17-18H,4-5,10H2,1H3,(H,19,20). The molecule has 106 valence electrons. The fourth-order valence-corrected chi connectivity index (χ4v) is 2.26. The number of aromatic carboxylic acids is 1. The van der Waals surface area contributed by atoms with E-state index in [0.717, 1.165) is 35.8 Å². The van der Waals surface area contributed by atoms with E-state index in [1.54, 1.807) is 19.1 Å². The highest BCUT2D eigenvalue weighted by molar-refractivity contribution is 6.07. The minimum Gasteiger partial charge on any atom is -0.478 e. The van der Waals surface area contributed by atoms with E-state index in [1.165, 1.54) is 0 Å². The maximum Gasteiger partial charge on any atom is 0.336 e. The number of aliphatic hydroxyl groups excluding tert-OH is 1. The lowest BCUT2D eigenvalue weighted by atomic mass is 10.0. The molecule has 1 unspecified atom stereocenters. The second-order valence-corrected chi connectivity index (χ2v) is 4.93. The Balaban J connectivity index is 2.22. The highest BCUT2D eigenvalue weighted by Gasteiger charge is 2.10. The van der Waals surface area contributed by atoms with Gasteiger partial charge in [-0.05, 0) is 37.3 Å². The summed E-state index contributed by atoms with van der Waals surface area (Å²) < 4.78 is 0. The molecule has 0 radical (unpaired) electrons. The van der Waals surface area contributed by atoms with E-state index in [2.05, 4.69) is 5.32 Å². The van der Waals surface area contributed by atoms with Crippen LogP contribution >= 0.6 is 0 Å². The van der Waals surface area contributed by atoms with Crippen LogP contribution in [0.25, 0.3) is 10.8 Å². The number of benzene rings is 2. The van der Waals surface area contributed by atoms with Crippen LogP contribution in [0.5, 0.6) is 0 Å². The minimum absolute atomic E-state index is 0.289. The van der Waals surface area contributed by atoms with E-state index in [-0.39, 0.29) is 6.10 Å². The molecule has 2 rings (SSSR count). The van der Waals surface area contributed by atoms with Crippen molar-refractivity contribution in [1.29, 1.82) is 0 Å². The van der Waals surface area contributed by atoms with E-state index in [9.17, 15) is 15.0 Å². The number of carboxylic acid groups (broad SMARTS) is 1. The summed E-state index contributed by atoms with van der Waals surface area (Å²) in [6.07, 6.45) is 1.33. The summed E-state index contributed by atoms with van der Waals surface area (Å²) in [6, 6.07) is 10.9. The van der Waals surface area contributed by atoms with E-state index in [1.807, 2.05) is 24.3 Å². The molecular formula is C16H19NO3. The number of carbonyl (C=O) groups is 1. The van der Waals surface area contributed by atoms with Crippen molar-refractivity contribution < 1.29 is 15.0 Å². The Labute approximate surface area is 118 Å². The van der Waals surface area contributed by atoms with Crippen LogP contribution in [0.15, 0.2) is 36.4 Å². The number of aliphatic hydroxyl groups is 1. The molecule has 2 aromatic carbocycles. The third-order valence-corrected chi connectivity index (χ3v) is 3.27. The number of rotatable bonds is 6. The van der Waals surface area contributed by atoms with Gasteiger partial charge in [-0.15, -0.1) is 0 Å². The van der Waals surface area contributed by atoms with Crippen LogP contribution in [0.3, 0.4) is 0 Å². The van der Waals surface area contributed by atoms with Crippen LogP contribution in [0, 0.1) is 0 Å². The van der Waals surface area contributed by atoms with Crippen molar-refractivity contribution in [3.63, 3.8) is 0 Å². The van der Waals surface area contributed by atoms with Crippen LogP contribution in [-0.2, 0) is 0 Å². The lowest BCUT2D eigenvalue weighted by molar-refractivity contribution is 0.0699. The molecule has 0 saturated heterocycles. The lowest BCUT2D eigenvalue weighted by Crippen LogP contribution is -2.07. The number of hydrogen-bond donors (Lipinski definition) is 3. The Morgan fingerprint density at radius 1 is 1.20 bits per heavy atom. The molecule has 0 spiro atoms. The average Bonchev–Trinajstić information content (AvgIpc) is 2.43. The fraction of sp³-hybridized carbons (Fsp3) is 0.312. The number of nitrogens with one attached hydrogen (secondary N) is 1. The van der Waals surface area contributed by atoms with Crippen molar-refractivity contribution in [2.24, 2.45) is 0 Å². The van der Waals surface area contributed by atoms with E-state index < -0.39 is 5.97 Å². The highest BCUT2D eigenvalue weighted by Crippen LogP contribution is 2.26. The van der Waals surface area contributed by atoms with Gasteiger partial charge in [-0.3, -0.25) is 0 Å². The second kappa shape index (κ2) is 6.39. The zero-order valence-electron chi connectivity index (χ0n) is 11.5. The van der Waals surface area contributed by atoms with E-state index in [4.69, 9.17) is 0 Å². The molecule has 2 aromatic rings. The van der Waals surface area contributed by atoms with Crippen molar-refractivity contribution in [3.8, 4) is 0 Å². The third kappa shape index (κ3) is 3.27. The summed E-state index contributed by atoms with van der Waals surface area (Å²) in [5, 5.41) is 23.4. The second-order valence-electron chi connectivity index (χ2n) is 4.93. The monoisotopic (exact) mass is 273 g/mol. The molecule has 1 atom stereocenters. The molecular weight excluding hydrogens is 254 g/mol. The summed E-state index contributed by atoms with van der Waals surface area (Å²) in [6.45, 7) is 2.53. The van der Waals surface area contributed by atoms with Gasteiger partial charge in [0.2, 0.25) is 0 Å². The first-order valence-corrected chi connectivity index (χ1v) is 6.76. The topological polar surface area (TPSA) is 69.6 Å². The highest BCUT2D eigenvalue weighted by atomic mass is 16.4. The molecule has 0 aromatic heterocycles. The molecule has 0 aliphatic carbocycles. The quantitative estimate of drug-likeness (QED) is 0.707. The molecule has 0 fully saturated rings. The van der Waals surface area contributed by atoms with Crippen LogP contribution in [0.1, 0.15) is 30.1 Å². The first-order chi connectivity index (χ1) is 9.59. The van der Waals surface area contributed by atoms with Gasteiger partial charge in [0.25, 0.3) is 0 Å². The fourth-order valence-electron chi connectivity index (χ4n) is 2.26. The van der Waals surface area contributed by atoms with Gasteiger partial charge in [0.05, 0.1) is 11.7 Å². The summed E-state index contributed by atoms with van der Waals surface area (Å²) in [5.74, 6) is -0.915. The maximum atomic E-state index is 11.2. The van der Waals surface area contributed by atoms with E-state index >= 15 is 0 Å². The van der Waals surface area contributed by atoms with Crippen molar-refractivity contribution >= 4 is 22.4 Å². The molecule has 0 saturated carbocycles. The maximum absolute atomic E-state index is 11.2. The smallest absolute Gasteiger partial charge is 0.336 e. The van der Waals surface area contributed by atoms with Crippen LogP contribution in [0.2, 0.25) is 0 Å². The molecule has 0 bridgehead atoms. The Hall–Kier alpha value is -2.07. The molecule has 0 aliphatic heterocycles. The van der Waals surface area contributed by atoms with E-state index in [0.29, 0.717) is 5.56 Å².